The van der Waals surface area contributed by atoms with Crippen molar-refractivity contribution >= 4 is 5.78 Å². The van der Waals surface area contributed by atoms with Gasteiger partial charge in [-0.05, 0) is 77.6 Å². The van der Waals surface area contributed by atoms with Gasteiger partial charge in [0.1, 0.15) is 0 Å². The topological polar surface area (TPSA) is 37.3 Å². The molecule has 0 amide bonds. The molecule has 4 aliphatic carbocycles. The van der Waals surface area contributed by atoms with E-state index in [0.29, 0.717) is 41.8 Å². The lowest BCUT2D eigenvalue weighted by Gasteiger charge is -2.68. The predicted octanol–water partition coefficient (Wildman–Crippen LogP) is 6.42. The molecule has 0 aromatic rings. The van der Waals surface area contributed by atoms with Crippen LogP contribution in [0.1, 0.15) is 93.9 Å². The van der Waals surface area contributed by atoms with E-state index < -0.39 is 0 Å². The summed E-state index contributed by atoms with van der Waals surface area (Å²) in [5, 5.41) is 11.9. The number of aliphatic hydroxyl groups is 1. The summed E-state index contributed by atoms with van der Waals surface area (Å²) in [4.78, 5) is 12.3. The number of aliphatic hydroxyl groups excluding tert-OH is 1. The van der Waals surface area contributed by atoms with E-state index in [9.17, 15) is 9.90 Å². The van der Waals surface area contributed by atoms with Crippen molar-refractivity contribution in [1.82, 2.24) is 0 Å². The Kier molecular flexibility index (Phi) is 4.79. The molecule has 0 heterocycles. The number of fused-ring (bicyclic) bond motifs is 5. The number of allylic oxidation sites excluding steroid dienone is 1. The average molecular weight is 401 g/mol. The second-order valence-electron chi connectivity index (χ2n) is 12.4. The summed E-state index contributed by atoms with van der Waals surface area (Å²) in [6.07, 6.45) is 7.79. The van der Waals surface area contributed by atoms with E-state index in [-0.39, 0.29) is 27.8 Å². The Morgan fingerprint density at radius 2 is 1.79 bits per heavy atom. The zero-order valence-electron chi connectivity index (χ0n) is 20.1. The highest BCUT2D eigenvalue weighted by Crippen LogP contribution is 2.76. The quantitative estimate of drug-likeness (QED) is 0.580. The van der Waals surface area contributed by atoms with Gasteiger partial charge in [0.15, 0.2) is 5.78 Å². The normalized spacial score (nSPS) is 55.6. The van der Waals surface area contributed by atoms with E-state index in [4.69, 9.17) is 0 Å². The first-order chi connectivity index (χ1) is 13.4. The Labute approximate surface area is 178 Å². The van der Waals surface area contributed by atoms with Crippen LogP contribution in [0.25, 0.3) is 0 Å². The van der Waals surface area contributed by atoms with Gasteiger partial charge in [0.05, 0.1) is 6.10 Å². The molecule has 3 saturated carbocycles. The molecule has 10 atom stereocenters. The largest absolute Gasteiger partial charge is 0.392 e. The monoisotopic (exact) mass is 400 g/mol. The second kappa shape index (κ2) is 6.44. The van der Waals surface area contributed by atoms with Crippen LogP contribution >= 0.6 is 0 Å². The summed E-state index contributed by atoms with van der Waals surface area (Å²) in [6, 6.07) is 0. The second-order valence-corrected chi connectivity index (χ2v) is 12.4. The maximum Gasteiger partial charge on any atom is 0.155 e. The maximum absolute atomic E-state index is 12.3. The van der Waals surface area contributed by atoms with Crippen molar-refractivity contribution in [2.75, 3.05) is 0 Å². The van der Waals surface area contributed by atoms with Gasteiger partial charge in [-0.1, -0.05) is 67.4 Å². The molecule has 164 valence electrons. The molecule has 4 rings (SSSR count). The molecule has 2 heteroatoms. The van der Waals surface area contributed by atoms with E-state index in [1.54, 1.807) is 0 Å². The number of ketones is 1. The van der Waals surface area contributed by atoms with Crippen molar-refractivity contribution in [3.05, 3.63) is 11.6 Å². The molecule has 29 heavy (non-hydrogen) atoms. The summed E-state index contributed by atoms with van der Waals surface area (Å²) in [6.45, 7) is 19.4. The SMILES string of the molecule is CCC(C)[C@@]1(C)C(C)CC2C3C[C@H](C)C4=CC(=O)CC[C@]4(C)[C@@]3(C)[C@@H](O)C[C@@]21C. The van der Waals surface area contributed by atoms with E-state index in [2.05, 4.69) is 55.4 Å². The zero-order valence-corrected chi connectivity index (χ0v) is 20.1. The van der Waals surface area contributed by atoms with Crippen LogP contribution in [0.15, 0.2) is 11.6 Å². The number of carbonyl (C=O) groups excluding carboxylic acids is 1. The van der Waals surface area contributed by atoms with E-state index >= 15 is 0 Å². The van der Waals surface area contributed by atoms with Crippen molar-refractivity contribution in [2.45, 2.75) is 100 Å². The predicted molar refractivity (Wildman–Crippen MR) is 119 cm³/mol. The molecule has 4 unspecified atom stereocenters. The van der Waals surface area contributed by atoms with Crippen LogP contribution in [0.4, 0.5) is 0 Å². The highest BCUT2D eigenvalue weighted by atomic mass is 16.3. The molecular formula is C27H44O2. The number of rotatable bonds is 2. The summed E-state index contributed by atoms with van der Waals surface area (Å²) < 4.78 is 0. The molecule has 0 aliphatic heterocycles. The third kappa shape index (κ3) is 2.36. The van der Waals surface area contributed by atoms with Crippen LogP contribution in [-0.4, -0.2) is 17.0 Å². The first kappa shape index (κ1) is 21.6. The third-order valence-electron chi connectivity index (χ3n) is 12.0. The van der Waals surface area contributed by atoms with Gasteiger partial charge in [0.2, 0.25) is 0 Å². The molecule has 0 aromatic carbocycles. The van der Waals surface area contributed by atoms with Gasteiger partial charge < -0.3 is 5.11 Å². The summed E-state index contributed by atoms with van der Waals surface area (Å²) in [7, 11) is 0. The van der Waals surface area contributed by atoms with Crippen LogP contribution in [0.5, 0.6) is 0 Å². The smallest absolute Gasteiger partial charge is 0.155 e. The lowest BCUT2D eigenvalue weighted by Crippen LogP contribution is -2.65. The van der Waals surface area contributed by atoms with Crippen LogP contribution < -0.4 is 0 Å². The van der Waals surface area contributed by atoms with Crippen molar-refractivity contribution < 1.29 is 9.90 Å². The van der Waals surface area contributed by atoms with Gasteiger partial charge in [0, 0.05) is 11.8 Å². The molecule has 2 nitrogen and oxygen atoms in total. The Hall–Kier alpha value is -0.630. The molecule has 4 aliphatic rings. The van der Waals surface area contributed by atoms with Crippen LogP contribution in [0, 0.1) is 51.2 Å². The number of hydrogen-bond acceptors (Lipinski definition) is 2. The Balaban J connectivity index is 1.85. The molecular weight excluding hydrogens is 356 g/mol. The van der Waals surface area contributed by atoms with Crippen LogP contribution in [0.3, 0.4) is 0 Å². The van der Waals surface area contributed by atoms with Crippen LogP contribution in [0.2, 0.25) is 0 Å². The summed E-state index contributed by atoms with van der Waals surface area (Å²) in [5.74, 6) is 3.31. The maximum atomic E-state index is 12.3. The minimum absolute atomic E-state index is 0.0530. The molecule has 0 saturated heterocycles. The van der Waals surface area contributed by atoms with Gasteiger partial charge in [-0.15, -0.1) is 0 Å². The van der Waals surface area contributed by atoms with E-state index in [1.807, 2.05) is 6.08 Å². The van der Waals surface area contributed by atoms with Gasteiger partial charge in [-0.3, -0.25) is 4.79 Å². The fourth-order valence-corrected chi connectivity index (χ4v) is 9.46. The fraction of sp³-hybridized carbons (Fsp3) is 0.889. The van der Waals surface area contributed by atoms with Crippen molar-refractivity contribution in [1.29, 1.82) is 0 Å². The number of hydrogen-bond donors (Lipinski definition) is 1. The minimum Gasteiger partial charge on any atom is -0.392 e. The first-order valence-electron chi connectivity index (χ1n) is 12.3. The summed E-state index contributed by atoms with van der Waals surface area (Å²) in [5.41, 5.74) is 1.62. The molecule has 0 spiro atoms. The Morgan fingerprint density at radius 3 is 2.41 bits per heavy atom. The molecule has 0 radical (unpaired) electrons. The van der Waals surface area contributed by atoms with Crippen molar-refractivity contribution in [3.63, 3.8) is 0 Å². The third-order valence-corrected chi connectivity index (χ3v) is 12.0. The minimum atomic E-state index is -0.295. The van der Waals surface area contributed by atoms with Gasteiger partial charge >= 0.3 is 0 Å². The van der Waals surface area contributed by atoms with E-state index in [0.717, 1.165) is 19.3 Å². The lowest BCUT2D eigenvalue weighted by molar-refractivity contribution is -0.211. The van der Waals surface area contributed by atoms with Crippen molar-refractivity contribution in [3.8, 4) is 0 Å². The standard InChI is InChI=1S/C27H44O2/c1-9-17(3)26(7)18(4)13-21-22-12-16(2)20-14-19(28)10-11-24(20,5)27(22,8)23(29)15-25(21,26)6/h14,16-18,21-23,29H,9-13,15H2,1-8H3/t16-,17?,18?,21?,22?,23-,24-,25-,26-,27+/m0/s1. The molecule has 0 bridgehead atoms. The highest BCUT2D eigenvalue weighted by Gasteiger charge is 2.72. The van der Waals surface area contributed by atoms with Gasteiger partial charge in [0.25, 0.3) is 0 Å². The van der Waals surface area contributed by atoms with Crippen LogP contribution in [-0.2, 0) is 4.79 Å². The summed E-state index contributed by atoms with van der Waals surface area (Å²) >= 11 is 0. The van der Waals surface area contributed by atoms with E-state index in [1.165, 1.54) is 18.4 Å². The van der Waals surface area contributed by atoms with Crippen molar-refractivity contribution in [2.24, 2.45) is 51.2 Å². The molecule has 3 fully saturated rings. The Bertz CT molecular complexity index is 739. The van der Waals surface area contributed by atoms with Gasteiger partial charge in [-0.25, -0.2) is 0 Å². The van der Waals surface area contributed by atoms with Gasteiger partial charge in [-0.2, -0.15) is 0 Å². The number of carbonyl (C=O) groups is 1. The first-order valence-corrected chi connectivity index (χ1v) is 12.3. The molecule has 1 N–H and O–H groups in total. The highest BCUT2D eigenvalue weighted by molar-refractivity contribution is 5.91. The Morgan fingerprint density at radius 1 is 1.14 bits per heavy atom. The fourth-order valence-electron chi connectivity index (χ4n) is 9.46. The molecule has 0 aromatic heterocycles. The average Bonchev–Trinajstić information content (AvgIpc) is 2.86. The lowest BCUT2D eigenvalue weighted by atomic mass is 9.36. The zero-order chi connectivity index (χ0) is 21.6.